The summed E-state index contributed by atoms with van der Waals surface area (Å²) in [5.74, 6) is -0.544. The highest BCUT2D eigenvalue weighted by atomic mass is 16.6. The first-order valence-corrected chi connectivity index (χ1v) is 7.12. The van der Waals surface area contributed by atoms with Gasteiger partial charge in [0, 0.05) is 5.92 Å². The average molecular weight is 254 g/mol. The van der Waals surface area contributed by atoms with E-state index in [0.717, 1.165) is 38.5 Å². The minimum Gasteiger partial charge on any atom is -0.467 e. The van der Waals surface area contributed by atoms with Crippen molar-refractivity contribution in [2.24, 2.45) is 5.92 Å². The molecular formula is C14H22O4. The summed E-state index contributed by atoms with van der Waals surface area (Å²) in [6, 6.07) is 0. The van der Waals surface area contributed by atoms with E-state index >= 15 is 0 Å². The van der Waals surface area contributed by atoms with E-state index in [2.05, 4.69) is 0 Å². The van der Waals surface area contributed by atoms with Gasteiger partial charge in [-0.05, 0) is 32.1 Å². The lowest BCUT2D eigenvalue weighted by Crippen LogP contribution is -2.55. The van der Waals surface area contributed by atoms with Gasteiger partial charge in [-0.25, -0.2) is 4.79 Å². The highest BCUT2D eigenvalue weighted by molar-refractivity contribution is 5.80. The average Bonchev–Trinajstić information content (AvgIpc) is 3.13. The molecule has 1 N–H and O–H groups in total. The Morgan fingerprint density at radius 2 is 1.94 bits per heavy atom. The Hall–Kier alpha value is -0.610. The van der Waals surface area contributed by atoms with Crippen molar-refractivity contribution in [3.05, 3.63) is 0 Å². The van der Waals surface area contributed by atoms with Crippen molar-refractivity contribution in [1.29, 1.82) is 0 Å². The second kappa shape index (κ2) is 4.20. The Morgan fingerprint density at radius 1 is 1.22 bits per heavy atom. The number of carbonyl (C=O) groups excluding carboxylic acids is 1. The first-order valence-electron chi connectivity index (χ1n) is 7.12. The van der Waals surface area contributed by atoms with Crippen molar-refractivity contribution in [3.63, 3.8) is 0 Å². The number of hydrogen-bond acceptors (Lipinski definition) is 4. The highest BCUT2D eigenvalue weighted by Crippen LogP contribution is 2.58. The maximum absolute atomic E-state index is 12.0. The monoisotopic (exact) mass is 254 g/mol. The van der Waals surface area contributed by atoms with Gasteiger partial charge in [-0.3, -0.25) is 0 Å². The zero-order valence-electron chi connectivity index (χ0n) is 11.0. The molecule has 3 rings (SSSR count). The van der Waals surface area contributed by atoms with Gasteiger partial charge in [-0.15, -0.1) is 0 Å². The molecule has 4 atom stereocenters. The quantitative estimate of drug-likeness (QED) is 0.603. The number of hydrogen-bond donors (Lipinski definition) is 1. The molecule has 2 saturated carbocycles. The maximum atomic E-state index is 12.0. The van der Waals surface area contributed by atoms with Crippen molar-refractivity contribution >= 4 is 5.97 Å². The standard InChI is InChI=1S/C14H22O4/c1-17-12(15)13(16)8-4-2-6-10(13)14-9-5-3-7-11(14)18-14/h10-11,16H,2-9H2,1H3. The van der Waals surface area contributed by atoms with Crippen molar-refractivity contribution in [1.82, 2.24) is 0 Å². The molecule has 102 valence electrons. The smallest absolute Gasteiger partial charge is 0.338 e. The molecule has 18 heavy (non-hydrogen) atoms. The minimum atomic E-state index is -1.32. The van der Waals surface area contributed by atoms with Crippen LogP contribution in [0.4, 0.5) is 0 Å². The van der Waals surface area contributed by atoms with Gasteiger partial charge >= 0.3 is 5.97 Å². The molecule has 0 aromatic rings. The Balaban J connectivity index is 1.86. The van der Waals surface area contributed by atoms with Crippen LogP contribution in [0, 0.1) is 5.92 Å². The summed E-state index contributed by atoms with van der Waals surface area (Å²) < 4.78 is 10.8. The Kier molecular flexibility index (Phi) is 2.90. The van der Waals surface area contributed by atoms with Gasteiger partial charge in [0.2, 0.25) is 0 Å². The Labute approximate surface area is 108 Å². The summed E-state index contributed by atoms with van der Waals surface area (Å²) >= 11 is 0. The normalized spacial score (nSPS) is 47.2. The van der Waals surface area contributed by atoms with Crippen molar-refractivity contribution in [2.75, 3.05) is 7.11 Å². The molecule has 2 aliphatic carbocycles. The molecule has 0 amide bonds. The van der Waals surface area contributed by atoms with Crippen LogP contribution in [0.5, 0.6) is 0 Å². The second-order valence-electron chi connectivity index (χ2n) is 6.02. The van der Waals surface area contributed by atoms with Gasteiger partial charge in [-0.2, -0.15) is 0 Å². The van der Waals surface area contributed by atoms with Gasteiger partial charge in [0.1, 0.15) is 5.60 Å². The summed E-state index contributed by atoms with van der Waals surface area (Å²) in [6.45, 7) is 0. The van der Waals surface area contributed by atoms with E-state index in [1.54, 1.807) is 0 Å². The zero-order chi connectivity index (χ0) is 12.8. The molecule has 0 spiro atoms. The van der Waals surface area contributed by atoms with Crippen molar-refractivity contribution in [3.8, 4) is 0 Å². The summed E-state index contributed by atoms with van der Waals surface area (Å²) in [5.41, 5.74) is -1.54. The van der Waals surface area contributed by atoms with Crippen LogP contribution in [0.3, 0.4) is 0 Å². The van der Waals surface area contributed by atoms with Crippen LogP contribution >= 0.6 is 0 Å². The molecule has 1 heterocycles. The van der Waals surface area contributed by atoms with E-state index in [1.165, 1.54) is 13.5 Å². The lowest BCUT2D eigenvalue weighted by atomic mass is 9.65. The van der Waals surface area contributed by atoms with E-state index in [0.29, 0.717) is 6.42 Å². The number of ether oxygens (including phenoxy) is 2. The van der Waals surface area contributed by atoms with Crippen LogP contribution in [-0.2, 0) is 14.3 Å². The Bertz CT molecular complexity index is 356. The SMILES string of the molecule is COC(=O)C1(O)CCCCC1C12CCCCC1O2. The van der Waals surface area contributed by atoms with Crippen LogP contribution in [0.2, 0.25) is 0 Å². The summed E-state index contributed by atoms with van der Waals surface area (Å²) in [6.07, 6.45) is 8.04. The van der Waals surface area contributed by atoms with E-state index in [9.17, 15) is 9.90 Å². The molecule has 0 aromatic carbocycles. The molecule has 3 aliphatic rings. The third-order valence-electron chi connectivity index (χ3n) is 5.14. The lowest BCUT2D eigenvalue weighted by Gasteiger charge is -2.41. The first-order chi connectivity index (χ1) is 8.63. The van der Waals surface area contributed by atoms with Crippen LogP contribution in [0.15, 0.2) is 0 Å². The predicted molar refractivity (Wildman–Crippen MR) is 65.0 cm³/mol. The van der Waals surface area contributed by atoms with Gasteiger partial charge in [0.15, 0.2) is 5.60 Å². The summed E-state index contributed by atoms with van der Waals surface area (Å²) in [4.78, 5) is 12.0. The van der Waals surface area contributed by atoms with Gasteiger partial charge in [-0.1, -0.05) is 19.3 Å². The molecule has 4 heteroatoms. The van der Waals surface area contributed by atoms with E-state index in [1.807, 2.05) is 0 Å². The van der Waals surface area contributed by atoms with Gasteiger partial charge < -0.3 is 14.6 Å². The predicted octanol–water partition coefficient (Wildman–Crippen LogP) is 1.79. The fraction of sp³-hybridized carbons (Fsp3) is 0.929. The molecule has 0 bridgehead atoms. The number of carbonyl (C=O) groups is 1. The molecule has 3 fully saturated rings. The molecule has 0 radical (unpaired) electrons. The van der Waals surface area contributed by atoms with E-state index in [-0.39, 0.29) is 17.6 Å². The number of epoxide rings is 1. The number of fused-ring (bicyclic) bond motifs is 1. The van der Waals surface area contributed by atoms with Crippen LogP contribution in [0.25, 0.3) is 0 Å². The fourth-order valence-electron chi connectivity index (χ4n) is 4.19. The Morgan fingerprint density at radius 3 is 2.67 bits per heavy atom. The summed E-state index contributed by atoms with van der Waals surface area (Å²) in [5, 5.41) is 10.8. The topological polar surface area (TPSA) is 59.1 Å². The minimum absolute atomic E-state index is 0.0727. The third-order valence-corrected chi connectivity index (χ3v) is 5.14. The fourth-order valence-corrected chi connectivity index (χ4v) is 4.19. The number of esters is 1. The highest BCUT2D eigenvalue weighted by Gasteiger charge is 2.68. The number of rotatable bonds is 2. The van der Waals surface area contributed by atoms with Gasteiger partial charge in [0.25, 0.3) is 0 Å². The molecule has 4 unspecified atom stereocenters. The molecule has 4 nitrogen and oxygen atoms in total. The first kappa shape index (κ1) is 12.4. The third kappa shape index (κ3) is 1.62. The van der Waals surface area contributed by atoms with Crippen molar-refractivity contribution < 1.29 is 19.4 Å². The van der Waals surface area contributed by atoms with E-state index in [4.69, 9.17) is 9.47 Å². The van der Waals surface area contributed by atoms with Crippen LogP contribution in [-0.4, -0.2) is 35.5 Å². The van der Waals surface area contributed by atoms with Crippen LogP contribution < -0.4 is 0 Å². The largest absolute Gasteiger partial charge is 0.467 e. The van der Waals surface area contributed by atoms with Crippen LogP contribution in [0.1, 0.15) is 51.4 Å². The lowest BCUT2D eigenvalue weighted by molar-refractivity contribution is -0.177. The zero-order valence-corrected chi connectivity index (χ0v) is 11.0. The maximum Gasteiger partial charge on any atom is 0.338 e. The number of aliphatic hydroxyl groups is 1. The number of methoxy groups -OCH3 is 1. The molecule has 1 aliphatic heterocycles. The molecule has 0 aromatic heterocycles. The van der Waals surface area contributed by atoms with Crippen molar-refractivity contribution in [2.45, 2.75) is 68.7 Å². The molecular weight excluding hydrogens is 232 g/mol. The summed E-state index contributed by atoms with van der Waals surface area (Å²) in [7, 11) is 1.36. The van der Waals surface area contributed by atoms with E-state index < -0.39 is 11.6 Å². The molecule has 1 saturated heterocycles. The second-order valence-corrected chi connectivity index (χ2v) is 6.02. The van der Waals surface area contributed by atoms with Gasteiger partial charge in [0.05, 0.1) is 13.2 Å².